The molecule has 0 saturated carbocycles. The first kappa shape index (κ1) is 17.7. The highest BCUT2D eigenvalue weighted by Gasteiger charge is 2.38. The second kappa shape index (κ2) is 6.80. The summed E-state index contributed by atoms with van der Waals surface area (Å²) in [5.41, 5.74) is 2.94. The number of pyridine rings is 1. The Morgan fingerprint density at radius 3 is 2.32 bits per heavy atom. The maximum atomic E-state index is 12.4. The minimum atomic E-state index is -4.94. The summed E-state index contributed by atoms with van der Waals surface area (Å²) in [4.78, 5) is 15.4. The number of nitrogens with one attached hydrogen (secondary N) is 1. The minimum Gasteiger partial charge on any atom is -0.318 e. The van der Waals surface area contributed by atoms with E-state index in [1.807, 2.05) is 47.8 Å². The van der Waals surface area contributed by atoms with Gasteiger partial charge in [0.25, 0.3) is 0 Å². The van der Waals surface area contributed by atoms with Crippen LogP contribution in [-0.2, 0) is 4.79 Å². The lowest BCUT2D eigenvalue weighted by atomic mass is 10.1. The van der Waals surface area contributed by atoms with Gasteiger partial charge in [0.15, 0.2) is 5.65 Å². The molecule has 0 fully saturated rings. The number of hydrogen-bond donors (Lipinski definition) is 1. The van der Waals surface area contributed by atoms with Crippen molar-refractivity contribution in [3.8, 4) is 16.9 Å². The average molecular weight is 382 g/mol. The van der Waals surface area contributed by atoms with Crippen LogP contribution in [0, 0.1) is 0 Å². The van der Waals surface area contributed by atoms with E-state index in [-0.39, 0.29) is 5.69 Å². The fraction of sp³-hybridized carbons (Fsp3) is 0.0500. The van der Waals surface area contributed by atoms with E-state index in [9.17, 15) is 18.0 Å². The Bertz CT molecular complexity index is 1140. The van der Waals surface area contributed by atoms with Gasteiger partial charge in [0.05, 0.1) is 5.69 Å². The van der Waals surface area contributed by atoms with Crippen molar-refractivity contribution in [3.63, 3.8) is 0 Å². The van der Waals surface area contributed by atoms with Gasteiger partial charge in [0, 0.05) is 22.8 Å². The van der Waals surface area contributed by atoms with Gasteiger partial charge in [-0.25, -0.2) is 9.67 Å². The number of benzene rings is 2. The van der Waals surface area contributed by atoms with Gasteiger partial charge < -0.3 is 5.32 Å². The number of rotatable bonds is 3. The van der Waals surface area contributed by atoms with Crippen LogP contribution in [0.3, 0.4) is 0 Å². The molecule has 1 amide bonds. The van der Waals surface area contributed by atoms with Crippen LogP contribution in [0.5, 0.6) is 0 Å². The molecule has 2 heterocycles. The smallest absolute Gasteiger partial charge is 0.318 e. The van der Waals surface area contributed by atoms with Gasteiger partial charge in [-0.1, -0.05) is 30.3 Å². The molecule has 5 nitrogen and oxygen atoms in total. The van der Waals surface area contributed by atoms with Crippen molar-refractivity contribution in [3.05, 3.63) is 72.9 Å². The van der Waals surface area contributed by atoms with Crippen LogP contribution in [0.2, 0.25) is 0 Å². The fourth-order valence-corrected chi connectivity index (χ4v) is 2.83. The van der Waals surface area contributed by atoms with Gasteiger partial charge >= 0.3 is 12.1 Å². The lowest BCUT2D eigenvalue weighted by Gasteiger charge is -2.09. The van der Waals surface area contributed by atoms with Gasteiger partial charge in [0.2, 0.25) is 0 Å². The van der Waals surface area contributed by atoms with Crippen LogP contribution in [0.1, 0.15) is 0 Å². The summed E-state index contributed by atoms with van der Waals surface area (Å²) in [6, 6.07) is 19.3. The topological polar surface area (TPSA) is 59.8 Å². The van der Waals surface area contributed by atoms with E-state index in [2.05, 4.69) is 10.1 Å². The summed E-state index contributed by atoms with van der Waals surface area (Å²) in [5.74, 6) is -2.02. The Balaban J connectivity index is 1.73. The Labute approximate surface area is 157 Å². The molecule has 2 aromatic heterocycles. The molecule has 0 bridgehead atoms. The molecule has 0 saturated heterocycles. The van der Waals surface area contributed by atoms with Gasteiger partial charge in [-0.15, -0.1) is 0 Å². The van der Waals surface area contributed by atoms with Crippen molar-refractivity contribution < 1.29 is 18.0 Å². The Hall–Kier alpha value is -3.68. The molecule has 2 aromatic carbocycles. The van der Waals surface area contributed by atoms with Gasteiger partial charge in [0.1, 0.15) is 5.69 Å². The van der Waals surface area contributed by atoms with E-state index in [4.69, 9.17) is 0 Å². The van der Waals surface area contributed by atoms with Crippen LogP contribution in [0.4, 0.5) is 18.9 Å². The second-order valence-electron chi connectivity index (χ2n) is 6.00. The first-order valence-corrected chi connectivity index (χ1v) is 8.31. The fourth-order valence-electron chi connectivity index (χ4n) is 2.83. The first-order valence-electron chi connectivity index (χ1n) is 8.31. The number of halogens is 3. The van der Waals surface area contributed by atoms with E-state index in [0.717, 1.165) is 16.6 Å². The maximum absolute atomic E-state index is 12.4. The molecule has 0 aliphatic carbocycles. The summed E-state index contributed by atoms with van der Waals surface area (Å²) in [5, 5.41) is 7.32. The third-order valence-electron chi connectivity index (χ3n) is 4.12. The van der Waals surface area contributed by atoms with Gasteiger partial charge in [-0.3, -0.25) is 4.79 Å². The largest absolute Gasteiger partial charge is 0.471 e. The number of anilines is 1. The number of fused-ring (bicyclic) bond motifs is 1. The molecule has 4 aromatic rings. The number of amides is 1. The summed E-state index contributed by atoms with van der Waals surface area (Å²) >= 11 is 0. The lowest BCUT2D eigenvalue weighted by molar-refractivity contribution is -0.167. The zero-order valence-corrected chi connectivity index (χ0v) is 14.3. The van der Waals surface area contributed by atoms with Crippen molar-refractivity contribution in [1.82, 2.24) is 14.8 Å². The van der Waals surface area contributed by atoms with Gasteiger partial charge in [-0.2, -0.15) is 18.3 Å². The number of alkyl halides is 3. The van der Waals surface area contributed by atoms with Crippen molar-refractivity contribution >= 4 is 22.6 Å². The zero-order chi connectivity index (χ0) is 19.7. The number of carbonyl (C=O) groups is 1. The van der Waals surface area contributed by atoms with E-state index >= 15 is 0 Å². The first-order chi connectivity index (χ1) is 13.4. The van der Waals surface area contributed by atoms with E-state index in [0.29, 0.717) is 11.3 Å². The quantitative estimate of drug-likeness (QED) is 0.564. The van der Waals surface area contributed by atoms with E-state index in [1.165, 1.54) is 12.1 Å². The number of nitrogens with zero attached hydrogens (tertiary/aromatic N) is 3. The molecule has 0 atom stereocenters. The number of hydrogen-bond acceptors (Lipinski definition) is 3. The monoisotopic (exact) mass is 382 g/mol. The molecule has 28 heavy (non-hydrogen) atoms. The predicted octanol–water partition coefficient (Wildman–Crippen LogP) is 4.59. The predicted molar refractivity (Wildman–Crippen MR) is 99.0 cm³/mol. The second-order valence-corrected chi connectivity index (χ2v) is 6.00. The minimum absolute atomic E-state index is 0.0405. The van der Waals surface area contributed by atoms with E-state index < -0.39 is 12.1 Å². The Kier molecular flexibility index (Phi) is 4.31. The van der Waals surface area contributed by atoms with Crippen molar-refractivity contribution in [2.24, 2.45) is 0 Å². The highest BCUT2D eigenvalue weighted by Crippen LogP contribution is 2.29. The molecule has 0 spiro atoms. The molecule has 4 rings (SSSR count). The molecule has 140 valence electrons. The Morgan fingerprint density at radius 1 is 0.929 bits per heavy atom. The third-order valence-corrected chi connectivity index (χ3v) is 4.12. The van der Waals surface area contributed by atoms with Crippen LogP contribution in [0.25, 0.3) is 28.0 Å². The van der Waals surface area contributed by atoms with Crippen LogP contribution in [0.15, 0.2) is 72.9 Å². The molecule has 0 aliphatic heterocycles. The van der Waals surface area contributed by atoms with Gasteiger partial charge in [-0.05, 0) is 36.4 Å². The third kappa shape index (κ3) is 3.32. The molecule has 0 aliphatic rings. The maximum Gasteiger partial charge on any atom is 0.471 e. The summed E-state index contributed by atoms with van der Waals surface area (Å²) in [6.07, 6.45) is -3.29. The zero-order valence-electron chi connectivity index (χ0n) is 14.3. The highest BCUT2D eigenvalue weighted by atomic mass is 19.4. The van der Waals surface area contributed by atoms with Crippen molar-refractivity contribution in [1.29, 1.82) is 0 Å². The molecular weight excluding hydrogens is 369 g/mol. The molecule has 1 N–H and O–H groups in total. The number of carbonyl (C=O) groups excluding carboxylic acids is 1. The van der Waals surface area contributed by atoms with Crippen LogP contribution < -0.4 is 5.32 Å². The molecule has 0 radical (unpaired) electrons. The molecular formula is C20H13F3N4O. The normalized spacial score (nSPS) is 11.5. The standard InChI is InChI=1S/C20H13F3N4O/c21-20(22,23)19(28)25-14-8-10-15(11-9-14)27-18-16(7-4-12-24-18)17(26-27)13-5-2-1-3-6-13/h1-12H,(H,25,28). The molecule has 0 unspecified atom stereocenters. The number of aromatic nitrogens is 3. The average Bonchev–Trinajstić information content (AvgIpc) is 3.08. The van der Waals surface area contributed by atoms with Crippen molar-refractivity contribution in [2.45, 2.75) is 6.18 Å². The van der Waals surface area contributed by atoms with Crippen molar-refractivity contribution in [2.75, 3.05) is 5.32 Å². The molecule has 8 heteroatoms. The lowest BCUT2D eigenvalue weighted by Crippen LogP contribution is -2.29. The Morgan fingerprint density at radius 2 is 1.64 bits per heavy atom. The summed E-state index contributed by atoms with van der Waals surface area (Å²) < 4.78 is 38.8. The van der Waals surface area contributed by atoms with E-state index in [1.54, 1.807) is 23.0 Å². The highest BCUT2D eigenvalue weighted by molar-refractivity contribution is 5.95. The summed E-state index contributed by atoms with van der Waals surface area (Å²) in [7, 11) is 0. The van der Waals surface area contributed by atoms with Crippen LogP contribution in [-0.4, -0.2) is 26.8 Å². The summed E-state index contributed by atoms with van der Waals surface area (Å²) in [6.45, 7) is 0. The van der Waals surface area contributed by atoms with Crippen LogP contribution >= 0.6 is 0 Å². The SMILES string of the molecule is O=C(Nc1ccc(-n2nc(-c3ccccc3)c3cccnc32)cc1)C(F)(F)F.